The van der Waals surface area contributed by atoms with E-state index in [1.165, 1.54) is 11.1 Å². The molecule has 0 saturated heterocycles. The summed E-state index contributed by atoms with van der Waals surface area (Å²) in [4.78, 5) is 14.7. The second kappa shape index (κ2) is 8.00. The standard InChI is InChI=1S/C22H25N3O/c1-4-21-20(14-23-25(21)15-18-11-6-5-7-12-18)22(26)24(3)16-19-13-9-8-10-17(19)2/h5-14H,4,15-16H2,1-3H3. The lowest BCUT2D eigenvalue weighted by molar-refractivity contribution is 0.0783. The Morgan fingerprint density at radius 3 is 2.46 bits per heavy atom. The molecule has 1 amide bonds. The number of hydrogen-bond donors (Lipinski definition) is 0. The molecule has 3 aromatic rings. The van der Waals surface area contributed by atoms with Crippen LogP contribution in [0.5, 0.6) is 0 Å². The summed E-state index contributed by atoms with van der Waals surface area (Å²) >= 11 is 0. The Morgan fingerprint density at radius 2 is 1.77 bits per heavy atom. The Bertz CT molecular complexity index is 883. The van der Waals surface area contributed by atoms with Crippen molar-refractivity contribution in [1.29, 1.82) is 0 Å². The minimum atomic E-state index is 0.0180. The molecule has 0 spiro atoms. The molecule has 0 fully saturated rings. The van der Waals surface area contributed by atoms with E-state index >= 15 is 0 Å². The van der Waals surface area contributed by atoms with Crippen LogP contribution >= 0.6 is 0 Å². The van der Waals surface area contributed by atoms with Crippen LogP contribution in [-0.2, 0) is 19.5 Å². The average molecular weight is 347 g/mol. The summed E-state index contributed by atoms with van der Waals surface area (Å²) in [5, 5.41) is 4.48. The van der Waals surface area contributed by atoms with Crippen molar-refractivity contribution in [3.63, 3.8) is 0 Å². The normalized spacial score (nSPS) is 10.7. The summed E-state index contributed by atoms with van der Waals surface area (Å²) in [7, 11) is 1.85. The zero-order valence-corrected chi connectivity index (χ0v) is 15.6. The second-order valence-electron chi connectivity index (χ2n) is 6.59. The van der Waals surface area contributed by atoms with Gasteiger partial charge in [-0.2, -0.15) is 5.10 Å². The number of hydrogen-bond acceptors (Lipinski definition) is 2. The summed E-state index contributed by atoms with van der Waals surface area (Å²) in [5.41, 5.74) is 5.22. The van der Waals surface area contributed by atoms with Crippen LogP contribution in [0.3, 0.4) is 0 Å². The Morgan fingerprint density at radius 1 is 1.08 bits per heavy atom. The highest BCUT2D eigenvalue weighted by atomic mass is 16.2. The van der Waals surface area contributed by atoms with E-state index in [9.17, 15) is 4.79 Å². The molecule has 4 heteroatoms. The van der Waals surface area contributed by atoms with E-state index in [1.54, 1.807) is 11.1 Å². The molecule has 1 aromatic heterocycles. The molecule has 0 aliphatic carbocycles. The third-order valence-corrected chi connectivity index (χ3v) is 4.70. The van der Waals surface area contributed by atoms with Gasteiger partial charge in [0.2, 0.25) is 0 Å². The van der Waals surface area contributed by atoms with Crippen molar-refractivity contribution in [3.05, 3.63) is 88.7 Å². The van der Waals surface area contributed by atoms with E-state index in [2.05, 4.69) is 43.2 Å². The van der Waals surface area contributed by atoms with Crippen molar-refractivity contribution in [1.82, 2.24) is 14.7 Å². The number of benzene rings is 2. The van der Waals surface area contributed by atoms with E-state index in [1.807, 2.05) is 42.1 Å². The van der Waals surface area contributed by atoms with Crippen molar-refractivity contribution >= 4 is 5.91 Å². The van der Waals surface area contributed by atoms with Crippen molar-refractivity contribution < 1.29 is 4.79 Å². The molecule has 0 bridgehead atoms. The van der Waals surface area contributed by atoms with Crippen LogP contribution < -0.4 is 0 Å². The molecule has 134 valence electrons. The first-order chi connectivity index (χ1) is 12.6. The van der Waals surface area contributed by atoms with Gasteiger partial charge in [-0.15, -0.1) is 0 Å². The van der Waals surface area contributed by atoms with E-state index < -0.39 is 0 Å². The molecule has 0 saturated carbocycles. The molecule has 0 radical (unpaired) electrons. The predicted molar refractivity (Wildman–Crippen MR) is 104 cm³/mol. The predicted octanol–water partition coefficient (Wildman–Crippen LogP) is 4.07. The lowest BCUT2D eigenvalue weighted by Gasteiger charge is -2.19. The highest BCUT2D eigenvalue weighted by molar-refractivity contribution is 5.95. The van der Waals surface area contributed by atoms with Crippen LogP contribution in [0, 0.1) is 6.92 Å². The van der Waals surface area contributed by atoms with Gasteiger partial charge in [0.05, 0.1) is 24.0 Å². The fraction of sp³-hybridized carbons (Fsp3) is 0.273. The average Bonchev–Trinajstić information content (AvgIpc) is 3.06. The molecule has 0 aliphatic heterocycles. The molecule has 0 unspecified atom stereocenters. The van der Waals surface area contributed by atoms with Gasteiger partial charge in [0.25, 0.3) is 5.91 Å². The van der Waals surface area contributed by atoms with E-state index in [-0.39, 0.29) is 5.91 Å². The van der Waals surface area contributed by atoms with Crippen LogP contribution in [0.25, 0.3) is 0 Å². The molecular weight excluding hydrogens is 322 g/mol. The molecule has 0 atom stereocenters. The van der Waals surface area contributed by atoms with Crippen LogP contribution in [0.1, 0.15) is 39.7 Å². The van der Waals surface area contributed by atoms with E-state index in [0.29, 0.717) is 18.7 Å². The van der Waals surface area contributed by atoms with Gasteiger partial charge in [0.1, 0.15) is 0 Å². The fourth-order valence-electron chi connectivity index (χ4n) is 3.18. The molecule has 3 rings (SSSR count). The minimum Gasteiger partial charge on any atom is -0.337 e. The van der Waals surface area contributed by atoms with Crippen LogP contribution in [-0.4, -0.2) is 27.6 Å². The summed E-state index contributed by atoms with van der Waals surface area (Å²) in [6, 6.07) is 18.4. The molecule has 4 nitrogen and oxygen atoms in total. The lowest BCUT2D eigenvalue weighted by atomic mass is 10.1. The first-order valence-corrected chi connectivity index (χ1v) is 8.98. The van der Waals surface area contributed by atoms with Gasteiger partial charge >= 0.3 is 0 Å². The zero-order chi connectivity index (χ0) is 18.5. The maximum absolute atomic E-state index is 13.0. The van der Waals surface area contributed by atoms with Gasteiger partial charge in [-0.3, -0.25) is 9.48 Å². The smallest absolute Gasteiger partial charge is 0.257 e. The number of carbonyl (C=O) groups is 1. The van der Waals surface area contributed by atoms with Gasteiger partial charge in [-0.05, 0) is 30.0 Å². The van der Waals surface area contributed by atoms with E-state index in [4.69, 9.17) is 0 Å². The molecular formula is C22H25N3O. The van der Waals surface area contributed by atoms with Crippen molar-refractivity contribution in [2.24, 2.45) is 0 Å². The highest BCUT2D eigenvalue weighted by Crippen LogP contribution is 2.16. The van der Waals surface area contributed by atoms with Gasteiger partial charge < -0.3 is 4.90 Å². The SMILES string of the molecule is CCc1c(C(=O)N(C)Cc2ccccc2C)cnn1Cc1ccccc1. The van der Waals surface area contributed by atoms with Crippen LogP contribution in [0.15, 0.2) is 60.8 Å². The lowest BCUT2D eigenvalue weighted by Crippen LogP contribution is -2.27. The Hall–Kier alpha value is -2.88. The third-order valence-electron chi connectivity index (χ3n) is 4.70. The summed E-state index contributed by atoms with van der Waals surface area (Å²) < 4.78 is 1.93. The second-order valence-corrected chi connectivity index (χ2v) is 6.59. The van der Waals surface area contributed by atoms with Crippen molar-refractivity contribution in [3.8, 4) is 0 Å². The number of aryl methyl sites for hydroxylation is 1. The van der Waals surface area contributed by atoms with Gasteiger partial charge in [-0.1, -0.05) is 61.5 Å². The van der Waals surface area contributed by atoms with Gasteiger partial charge in [0.15, 0.2) is 0 Å². The monoisotopic (exact) mass is 347 g/mol. The fourth-order valence-corrected chi connectivity index (χ4v) is 3.18. The molecule has 0 N–H and O–H groups in total. The molecule has 2 aromatic carbocycles. The highest BCUT2D eigenvalue weighted by Gasteiger charge is 2.20. The van der Waals surface area contributed by atoms with Gasteiger partial charge in [0, 0.05) is 13.6 Å². The number of amides is 1. The maximum atomic E-state index is 13.0. The van der Waals surface area contributed by atoms with Gasteiger partial charge in [-0.25, -0.2) is 0 Å². The maximum Gasteiger partial charge on any atom is 0.257 e. The Labute approximate surface area is 155 Å². The topological polar surface area (TPSA) is 38.1 Å². The largest absolute Gasteiger partial charge is 0.337 e. The molecule has 0 aliphatic rings. The summed E-state index contributed by atoms with van der Waals surface area (Å²) in [5.74, 6) is 0.0180. The van der Waals surface area contributed by atoms with E-state index in [0.717, 1.165) is 17.7 Å². The Kier molecular flexibility index (Phi) is 5.52. The first kappa shape index (κ1) is 17.9. The number of rotatable bonds is 6. The number of carbonyl (C=O) groups excluding carboxylic acids is 1. The minimum absolute atomic E-state index is 0.0180. The quantitative estimate of drug-likeness (QED) is 0.674. The molecule has 1 heterocycles. The third kappa shape index (κ3) is 3.85. The summed E-state index contributed by atoms with van der Waals surface area (Å²) in [6.45, 7) is 5.41. The summed E-state index contributed by atoms with van der Waals surface area (Å²) in [6.07, 6.45) is 2.48. The van der Waals surface area contributed by atoms with Crippen molar-refractivity contribution in [2.75, 3.05) is 7.05 Å². The number of aromatic nitrogens is 2. The molecule has 26 heavy (non-hydrogen) atoms. The number of nitrogens with zero attached hydrogens (tertiary/aromatic N) is 3. The Balaban J connectivity index is 1.80. The zero-order valence-electron chi connectivity index (χ0n) is 15.6. The van der Waals surface area contributed by atoms with Crippen LogP contribution in [0.4, 0.5) is 0 Å². The first-order valence-electron chi connectivity index (χ1n) is 8.98. The van der Waals surface area contributed by atoms with Crippen LogP contribution in [0.2, 0.25) is 0 Å². The van der Waals surface area contributed by atoms with Crippen molar-refractivity contribution in [2.45, 2.75) is 33.4 Å².